The Morgan fingerprint density at radius 2 is 2.24 bits per heavy atom. The number of thiazole rings is 1. The first kappa shape index (κ1) is 16.8. The monoisotopic (exact) mass is 318 g/mol. The van der Waals surface area contributed by atoms with E-state index in [1.165, 1.54) is 23.4 Å². The average Bonchev–Trinajstić information content (AvgIpc) is 2.84. The van der Waals surface area contributed by atoms with Crippen LogP contribution in [0.1, 0.15) is 48.2 Å². The molecule has 0 aliphatic heterocycles. The van der Waals surface area contributed by atoms with E-state index in [9.17, 15) is 8.78 Å². The van der Waals surface area contributed by atoms with Crippen molar-refractivity contribution in [3.05, 3.63) is 15.6 Å². The SMILES string of the molecule is CC(C)NCC1CCCc2sc(CCOCC(F)F)nc21. The molecule has 1 aliphatic rings. The second-order valence-corrected chi connectivity index (χ2v) is 6.95. The molecule has 0 aromatic carbocycles. The van der Waals surface area contributed by atoms with Crippen LogP contribution in [0.5, 0.6) is 0 Å². The summed E-state index contributed by atoms with van der Waals surface area (Å²) in [5.41, 5.74) is 1.23. The number of fused-ring (bicyclic) bond motifs is 1. The van der Waals surface area contributed by atoms with Crippen LogP contribution in [-0.4, -0.2) is 37.2 Å². The number of nitrogens with zero attached hydrogens (tertiary/aromatic N) is 1. The fraction of sp³-hybridized carbons (Fsp3) is 0.800. The van der Waals surface area contributed by atoms with Gasteiger partial charge in [-0.15, -0.1) is 11.3 Å². The topological polar surface area (TPSA) is 34.1 Å². The average molecular weight is 318 g/mol. The van der Waals surface area contributed by atoms with E-state index in [0.29, 0.717) is 25.0 Å². The van der Waals surface area contributed by atoms with Gasteiger partial charge in [-0.1, -0.05) is 13.8 Å². The molecule has 1 aromatic heterocycles. The summed E-state index contributed by atoms with van der Waals surface area (Å²) in [6.07, 6.45) is 1.73. The molecule has 1 aliphatic carbocycles. The molecule has 0 spiro atoms. The molecule has 3 nitrogen and oxygen atoms in total. The van der Waals surface area contributed by atoms with E-state index < -0.39 is 13.0 Å². The maximum Gasteiger partial charge on any atom is 0.261 e. The number of hydrogen-bond acceptors (Lipinski definition) is 4. The number of nitrogens with one attached hydrogen (secondary N) is 1. The molecule has 2 rings (SSSR count). The molecule has 1 N–H and O–H groups in total. The third-order valence-electron chi connectivity index (χ3n) is 3.59. The van der Waals surface area contributed by atoms with Crippen LogP contribution in [0.25, 0.3) is 0 Å². The van der Waals surface area contributed by atoms with Crippen molar-refractivity contribution in [2.24, 2.45) is 0 Å². The van der Waals surface area contributed by atoms with Gasteiger partial charge in [0.2, 0.25) is 0 Å². The van der Waals surface area contributed by atoms with Crippen molar-refractivity contribution in [3.63, 3.8) is 0 Å². The highest BCUT2D eigenvalue weighted by Gasteiger charge is 2.24. The van der Waals surface area contributed by atoms with Crippen LogP contribution in [0.15, 0.2) is 0 Å². The Labute approximate surface area is 129 Å². The van der Waals surface area contributed by atoms with Gasteiger partial charge >= 0.3 is 0 Å². The molecule has 1 heterocycles. The van der Waals surface area contributed by atoms with Crippen molar-refractivity contribution >= 4 is 11.3 Å². The van der Waals surface area contributed by atoms with E-state index in [-0.39, 0.29) is 0 Å². The van der Waals surface area contributed by atoms with Crippen molar-refractivity contribution in [2.45, 2.75) is 57.9 Å². The molecule has 0 radical (unpaired) electrons. The van der Waals surface area contributed by atoms with Gasteiger partial charge in [0, 0.05) is 29.8 Å². The van der Waals surface area contributed by atoms with Gasteiger partial charge in [-0.2, -0.15) is 0 Å². The predicted octanol–water partition coefficient (Wildman–Crippen LogP) is 3.39. The van der Waals surface area contributed by atoms with Crippen LogP contribution < -0.4 is 5.32 Å². The van der Waals surface area contributed by atoms with E-state index in [4.69, 9.17) is 9.72 Å². The van der Waals surface area contributed by atoms with Crippen molar-refractivity contribution < 1.29 is 13.5 Å². The van der Waals surface area contributed by atoms with E-state index in [0.717, 1.165) is 18.0 Å². The number of rotatable bonds is 8. The standard InChI is InChI=1S/C15H24F2N2OS/c1-10(2)18-8-11-4-3-5-12-15(11)19-14(21-12)6-7-20-9-13(16)17/h10-11,13,18H,3-9H2,1-2H3. The lowest BCUT2D eigenvalue weighted by molar-refractivity contribution is 0.0187. The first-order chi connectivity index (χ1) is 10.1. The zero-order valence-corrected chi connectivity index (χ0v) is 13.5. The Balaban J connectivity index is 1.88. The van der Waals surface area contributed by atoms with Crippen molar-refractivity contribution in [1.82, 2.24) is 10.3 Å². The summed E-state index contributed by atoms with van der Waals surface area (Å²) in [7, 11) is 0. The summed E-state index contributed by atoms with van der Waals surface area (Å²) in [5.74, 6) is 0.489. The zero-order chi connectivity index (χ0) is 15.2. The molecule has 0 amide bonds. The lowest BCUT2D eigenvalue weighted by Crippen LogP contribution is -2.29. The number of aromatic nitrogens is 1. The third kappa shape index (κ3) is 5.27. The highest BCUT2D eigenvalue weighted by Crippen LogP contribution is 2.34. The van der Waals surface area contributed by atoms with Crippen molar-refractivity contribution in [1.29, 1.82) is 0 Å². The minimum Gasteiger partial charge on any atom is -0.375 e. The van der Waals surface area contributed by atoms with Crippen LogP contribution >= 0.6 is 11.3 Å². The predicted molar refractivity (Wildman–Crippen MR) is 81.5 cm³/mol. The molecule has 0 saturated heterocycles. The number of ether oxygens (including phenoxy) is 1. The highest BCUT2D eigenvalue weighted by atomic mass is 32.1. The lowest BCUT2D eigenvalue weighted by Gasteiger charge is -2.22. The van der Waals surface area contributed by atoms with Gasteiger partial charge in [0.25, 0.3) is 6.43 Å². The largest absolute Gasteiger partial charge is 0.375 e. The summed E-state index contributed by atoms with van der Waals surface area (Å²) in [5, 5.41) is 4.51. The van der Waals surface area contributed by atoms with E-state index >= 15 is 0 Å². The van der Waals surface area contributed by atoms with E-state index in [2.05, 4.69) is 19.2 Å². The summed E-state index contributed by atoms with van der Waals surface area (Å²) < 4.78 is 28.9. The van der Waals surface area contributed by atoms with Crippen LogP contribution in [0, 0.1) is 0 Å². The van der Waals surface area contributed by atoms with E-state index in [1.54, 1.807) is 11.3 Å². The first-order valence-electron chi connectivity index (χ1n) is 7.64. The molecule has 1 unspecified atom stereocenters. The maximum absolute atomic E-state index is 12.0. The summed E-state index contributed by atoms with van der Waals surface area (Å²) in [6.45, 7) is 5.11. The quantitative estimate of drug-likeness (QED) is 0.746. The second-order valence-electron chi connectivity index (χ2n) is 5.78. The highest BCUT2D eigenvalue weighted by molar-refractivity contribution is 7.11. The molecule has 0 bridgehead atoms. The Morgan fingerprint density at radius 3 is 2.95 bits per heavy atom. The third-order valence-corrected chi connectivity index (χ3v) is 4.78. The normalized spacial score (nSPS) is 18.5. The van der Waals surface area contributed by atoms with Crippen LogP contribution in [0.2, 0.25) is 0 Å². The van der Waals surface area contributed by atoms with E-state index in [1.807, 2.05) is 0 Å². The van der Waals surface area contributed by atoms with Crippen LogP contribution in [0.3, 0.4) is 0 Å². The summed E-state index contributed by atoms with van der Waals surface area (Å²) in [4.78, 5) is 6.11. The van der Waals surface area contributed by atoms with Gasteiger partial charge in [0.1, 0.15) is 6.61 Å². The van der Waals surface area contributed by atoms with Gasteiger partial charge in [-0.25, -0.2) is 13.8 Å². The Morgan fingerprint density at radius 1 is 1.43 bits per heavy atom. The van der Waals surface area contributed by atoms with Crippen LogP contribution in [0.4, 0.5) is 8.78 Å². The minimum atomic E-state index is -2.39. The Hall–Kier alpha value is -0.590. The van der Waals surface area contributed by atoms with Gasteiger partial charge in [-0.3, -0.25) is 0 Å². The minimum absolute atomic E-state index is 0.325. The molecule has 21 heavy (non-hydrogen) atoms. The van der Waals surface area contributed by atoms with Crippen LogP contribution in [-0.2, 0) is 17.6 Å². The Kier molecular flexibility index (Phi) is 6.51. The number of halogens is 2. The molecular formula is C15H24F2N2OS. The number of alkyl halides is 2. The summed E-state index contributed by atoms with van der Waals surface area (Å²) >= 11 is 1.73. The number of hydrogen-bond donors (Lipinski definition) is 1. The van der Waals surface area contributed by atoms with Gasteiger partial charge < -0.3 is 10.1 Å². The fourth-order valence-electron chi connectivity index (χ4n) is 2.57. The lowest BCUT2D eigenvalue weighted by atomic mass is 9.91. The zero-order valence-electron chi connectivity index (χ0n) is 12.7. The van der Waals surface area contributed by atoms with Gasteiger partial charge in [0.05, 0.1) is 17.3 Å². The van der Waals surface area contributed by atoms with Gasteiger partial charge in [0.15, 0.2) is 0 Å². The molecule has 1 atom stereocenters. The molecule has 1 aromatic rings. The Bertz CT molecular complexity index is 437. The smallest absolute Gasteiger partial charge is 0.261 e. The molecule has 0 fully saturated rings. The molecule has 6 heteroatoms. The number of aryl methyl sites for hydroxylation is 1. The summed E-state index contributed by atoms with van der Waals surface area (Å²) in [6, 6.07) is 0.483. The maximum atomic E-state index is 12.0. The fourth-order valence-corrected chi connectivity index (χ4v) is 3.75. The van der Waals surface area contributed by atoms with Gasteiger partial charge in [-0.05, 0) is 19.3 Å². The second kappa shape index (κ2) is 8.15. The van der Waals surface area contributed by atoms with Crippen molar-refractivity contribution in [2.75, 3.05) is 19.8 Å². The molecule has 120 valence electrons. The molecule has 0 saturated carbocycles. The van der Waals surface area contributed by atoms with Crippen molar-refractivity contribution in [3.8, 4) is 0 Å². The molecular weight excluding hydrogens is 294 g/mol. The first-order valence-corrected chi connectivity index (χ1v) is 8.45.